The maximum Gasteiger partial charge on any atom is 0.242 e. The molecule has 1 aliphatic heterocycles. The first kappa shape index (κ1) is 11.9. The van der Waals surface area contributed by atoms with Gasteiger partial charge in [0.05, 0.1) is 5.54 Å². The molecule has 2 N–H and O–H groups in total. The number of amides is 1. The van der Waals surface area contributed by atoms with Crippen molar-refractivity contribution in [3.05, 3.63) is 0 Å². The summed E-state index contributed by atoms with van der Waals surface area (Å²) < 4.78 is 5.32. The molecule has 0 aromatic heterocycles. The molecule has 4 nitrogen and oxygen atoms in total. The summed E-state index contributed by atoms with van der Waals surface area (Å²) in [6.45, 7) is 2.59. The highest BCUT2D eigenvalue weighted by atomic mass is 16.5. The summed E-state index contributed by atoms with van der Waals surface area (Å²) in [5, 5.41) is 0. The van der Waals surface area contributed by atoms with E-state index in [9.17, 15) is 4.79 Å². The predicted molar refractivity (Wildman–Crippen MR) is 61.9 cm³/mol. The van der Waals surface area contributed by atoms with Crippen molar-refractivity contribution in [2.24, 2.45) is 11.7 Å². The molecule has 0 atom stereocenters. The second-order valence-electron chi connectivity index (χ2n) is 5.23. The van der Waals surface area contributed by atoms with Gasteiger partial charge in [-0.2, -0.15) is 0 Å². The lowest BCUT2D eigenvalue weighted by molar-refractivity contribution is -0.132. The van der Waals surface area contributed by atoms with Crippen LogP contribution in [0.1, 0.15) is 32.1 Å². The molecule has 2 fully saturated rings. The van der Waals surface area contributed by atoms with E-state index in [0.717, 1.165) is 57.8 Å². The van der Waals surface area contributed by atoms with Gasteiger partial charge in [0.1, 0.15) is 0 Å². The number of nitrogens with two attached hydrogens (primary N) is 1. The van der Waals surface area contributed by atoms with Crippen LogP contribution in [0.4, 0.5) is 0 Å². The molecule has 2 rings (SSSR count). The fourth-order valence-electron chi connectivity index (χ4n) is 2.24. The Hall–Kier alpha value is -0.610. The molecule has 1 heterocycles. The molecule has 92 valence electrons. The Morgan fingerprint density at radius 3 is 2.62 bits per heavy atom. The molecule has 0 aromatic carbocycles. The fraction of sp³-hybridized carbons (Fsp3) is 0.917. The van der Waals surface area contributed by atoms with Gasteiger partial charge >= 0.3 is 0 Å². The Bertz CT molecular complexity index is 258. The van der Waals surface area contributed by atoms with Crippen molar-refractivity contribution in [2.75, 3.05) is 26.8 Å². The van der Waals surface area contributed by atoms with Crippen LogP contribution in [0.3, 0.4) is 0 Å². The van der Waals surface area contributed by atoms with Crippen LogP contribution in [-0.4, -0.2) is 43.2 Å². The highest BCUT2D eigenvalue weighted by Crippen LogP contribution is 2.34. The van der Waals surface area contributed by atoms with Gasteiger partial charge in [-0.1, -0.05) is 0 Å². The highest BCUT2D eigenvalue weighted by molar-refractivity contribution is 5.88. The van der Waals surface area contributed by atoms with Crippen molar-refractivity contribution < 1.29 is 9.53 Å². The average molecular weight is 226 g/mol. The Labute approximate surface area is 97.1 Å². The summed E-state index contributed by atoms with van der Waals surface area (Å²) in [4.78, 5) is 13.7. The van der Waals surface area contributed by atoms with Crippen molar-refractivity contribution in [3.63, 3.8) is 0 Å². The zero-order chi connectivity index (χ0) is 11.6. The van der Waals surface area contributed by atoms with Crippen molar-refractivity contribution in [3.8, 4) is 0 Å². The van der Waals surface area contributed by atoms with E-state index in [4.69, 9.17) is 10.5 Å². The quantitative estimate of drug-likeness (QED) is 0.769. The zero-order valence-corrected chi connectivity index (χ0v) is 10.1. The summed E-state index contributed by atoms with van der Waals surface area (Å²) in [7, 11) is 1.87. The third-order valence-electron chi connectivity index (χ3n) is 3.77. The van der Waals surface area contributed by atoms with Crippen LogP contribution in [0.2, 0.25) is 0 Å². The van der Waals surface area contributed by atoms with Crippen molar-refractivity contribution >= 4 is 5.91 Å². The number of carbonyl (C=O) groups excluding carboxylic acids is 1. The molecule has 0 spiro atoms. The first-order chi connectivity index (χ1) is 7.62. The minimum absolute atomic E-state index is 0.125. The van der Waals surface area contributed by atoms with Gasteiger partial charge in [0.25, 0.3) is 0 Å². The lowest BCUT2D eigenvalue weighted by atomic mass is 9.96. The number of rotatable bonds is 4. The van der Waals surface area contributed by atoms with E-state index >= 15 is 0 Å². The van der Waals surface area contributed by atoms with Gasteiger partial charge in [-0.15, -0.1) is 0 Å². The molecule has 2 aliphatic rings. The van der Waals surface area contributed by atoms with Crippen molar-refractivity contribution in [2.45, 2.75) is 37.6 Å². The maximum atomic E-state index is 11.9. The van der Waals surface area contributed by atoms with Gasteiger partial charge in [0.2, 0.25) is 5.91 Å². The van der Waals surface area contributed by atoms with Crippen LogP contribution in [0.5, 0.6) is 0 Å². The SMILES string of the molecule is CN(CCC1CCOCC1)C(=O)C1(N)CC1. The second kappa shape index (κ2) is 4.72. The van der Waals surface area contributed by atoms with E-state index in [1.165, 1.54) is 0 Å². The van der Waals surface area contributed by atoms with Gasteiger partial charge in [-0.3, -0.25) is 4.79 Å². The lowest BCUT2D eigenvalue weighted by Crippen LogP contribution is -2.44. The van der Waals surface area contributed by atoms with Gasteiger partial charge < -0.3 is 15.4 Å². The molecule has 0 bridgehead atoms. The van der Waals surface area contributed by atoms with Gasteiger partial charge in [-0.25, -0.2) is 0 Å². The van der Waals surface area contributed by atoms with E-state index in [1.54, 1.807) is 0 Å². The molecule has 16 heavy (non-hydrogen) atoms. The van der Waals surface area contributed by atoms with Crippen LogP contribution in [0, 0.1) is 5.92 Å². The van der Waals surface area contributed by atoms with Gasteiger partial charge in [0, 0.05) is 26.8 Å². The number of ether oxygens (including phenoxy) is 1. The summed E-state index contributed by atoms with van der Waals surface area (Å²) in [6, 6.07) is 0. The first-order valence-electron chi connectivity index (χ1n) is 6.24. The van der Waals surface area contributed by atoms with Crippen LogP contribution in [0.25, 0.3) is 0 Å². The molecule has 1 saturated heterocycles. The average Bonchev–Trinajstić information content (AvgIpc) is 3.06. The minimum atomic E-state index is -0.509. The minimum Gasteiger partial charge on any atom is -0.381 e. The molecular weight excluding hydrogens is 204 g/mol. The second-order valence-corrected chi connectivity index (χ2v) is 5.23. The normalized spacial score (nSPS) is 24.1. The van der Waals surface area contributed by atoms with Crippen LogP contribution < -0.4 is 5.73 Å². The van der Waals surface area contributed by atoms with Crippen molar-refractivity contribution in [1.82, 2.24) is 4.90 Å². The largest absolute Gasteiger partial charge is 0.381 e. The Morgan fingerprint density at radius 1 is 1.44 bits per heavy atom. The lowest BCUT2D eigenvalue weighted by Gasteiger charge is -2.26. The monoisotopic (exact) mass is 226 g/mol. The van der Waals surface area contributed by atoms with E-state index in [-0.39, 0.29) is 5.91 Å². The van der Waals surface area contributed by atoms with E-state index in [2.05, 4.69) is 0 Å². The predicted octanol–water partition coefficient (Wildman–Crippen LogP) is 0.753. The summed E-state index contributed by atoms with van der Waals surface area (Å²) in [6.07, 6.45) is 5.06. The fourth-order valence-corrected chi connectivity index (χ4v) is 2.24. The molecule has 1 aliphatic carbocycles. The highest BCUT2D eigenvalue weighted by Gasteiger charge is 2.47. The smallest absolute Gasteiger partial charge is 0.242 e. The van der Waals surface area contributed by atoms with E-state index < -0.39 is 5.54 Å². The molecule has 0 unspecified atom stereocenters. The molecule has 1 saturated carbocycles. The summed E-state index contributed by atoms with van der Waals surface area (Å²) in [5.74, 6) is 0.844. The molecule has 0 aromatic rings. The summed E-state index contributed by atoms with van der Waals surface area (Å²) >= 11 is 0. The first-order valence-corrected chi connectivity index (χ1v) is 6.24. The number of carbonyl (C=O) groups is 1. The number of likely N-dealkylation sites (N-methyl/N-ethyl adjacent to an activating group) is 1. The molecule has 1 amide bonds. The van der Waals surface area contributed by atoms with E-state index in [1.807, 2.05) is 11.9 Å². The maximum absolute atomic E-state index is 11.9. The topological polar surface area (TPSA) is 55.6 Å². The van der Waals surface area contributed by atoms with Crippen molar-refractivity contribution in [1.29, 1.82) is 0 Å². The van der Waals surface area contributed by atoms with Crippen LogP contribution >= 0.6 is 0 Å². The number of nitrogens with zero attached hydrogens (tertiary/aromatic N) is 1. The van der Waals surface area contributed by atoms with Gasteiger partial charge in [-0.05, 0) is 38.0 Å². The number of hydrogen-bond donors (Lipinski definition) is 1. The molecule has 4 heteroatoms. The molecular formula is C12H22N2O2. The Morgan fingerprint density at radius 2 is 2.06 bits per heavy atom. The van der Waals surface area contributed by atoms with Crippen LogP contribution in [0.15, 0.2) is 0 Å². The van der Waals surface area contributed by atoms with Gasteiger partial charge in [0.15, 0.2) is 0 Å². The standard InChI is InChI=1S/C12H22N2O2/c1-14(11(15)12(13)5-6-12)7-2-10-3-8-16-9-4-10/h10H,2-9,13H2,1H3. The van der Waals surface area contributed by atoms with Crippen LogP contribution in [-0.2, 0) is 9.53 Å². The van der Waals surface area contributed by atoms with E-state index in [0.29, 0.717) is 0 Å². The third-order valence-corrected chi connectivity index (χ3v) is 3.77. The third kappa shape index (κ3) is 2.74. The zero-order valence-electron chi connectivity index (χ0n) is 10.1. The molecule has 0 radical (unpaired) electrons. The Balaban J connectivity index is 1.70. The Kier molecular flexibility index (Phi) is 3.50. The summed E-state index contributed by atoms with van der Waals surface area (Å²) in [5.41, 5.74) is 5.38. The number of hydrogen-bond acceptors (Lipinski definition) is 3.